The molecule has 0 atom stereocenters. The maximum atomic E-state index is 6.08. The molecule has 1 aliphatic rings. The van der Waals surface area contributed by atoms with E-state index in [0.717, 1.165) is 11.4 Å². The van der Waals surface area contributed by atoms with Gasteiger partial charge in [0.05, 0.1) is 12.2 Å². The average molecular weight is 255 g/mol. The molecule has 0 bridgehead atoms. The number of benzene rings is 1. The Labute approximate surface area is 114 Å². The minimum absolute atomic E-state index is 0.480. The van der Waals surface area contributed by atoms with Gasteiger partial charge in [-0.05, 0) is 44.1 Å². The van der Waals surface area contributed by atoms with Crippen molar-refractivity contribution in [1.82, 2.24) is 9.78 Å². The summed E-state index contributed by atoms with van der Waals surface area (Å²) in [5, 5.41) is 4.43. The molecule has 1 aromatic heterocycles. The highest BCUT2D eigenvalue weighted by molar-refractivity contribution is 5.37. The average Bonchev–Trinajstić information content (AvgIpc) is 2.80. The molecule has 0 unspecified atom stereocenters. The van der Waals surface area contributed by atoms with Crippen molar-refractivity contribution < 1.29 is 0 Å². The first-order valence-corrected chi connectivity index (χ1v) is 7.10. The zero-order valence-electron chi connectivity index (χ0n) is 11.4. The highest BCUT2D eigenvalue weighted by Gasteiger charge is 2.25. The second-order valence-corrected chi connectivity index (χ2v) is 5.57. The third-order valence-corrected chi connectivity index (χ3v) is 4.34. The van der Waals surface area contributed by atoms with Crippen molar-refractivity contribution in [3.05, 3.63) is 47.7 Å². The molecular formula is C16H21N3. The lowest BCUT2D eigenvalue weighted by molar-refractivity contribution is 0.307. The van der Waals surface area contributed by atoms with Gasteiger partial charge in [-0.15, -0.1) is 0 Å². The summed E-state index contributed by atoms with van der Waals surface area (Å²) in [7, 11) is 0. The Kier molecular flexibility index (Phi) is 3.28. The Morgan fingerprint density at radius 1 is 1.11 bits per heavy atom. The molecule has 1 fully saturated rings. The van der Waals surface area contributed by atoms with Gasteiger partial charge in [-0.1, -0.05) is 30.3 Å². The van der Waals surface area contributed by atoms with Crippen molar-refractivity contribution >= 4 is 5.82 Å². The van der Waals surface area contributed by atoms with E-state index in [1.165, 1.54) is 31.2 Å². The largest absolute Gasteiger partial charge is 0.384 e. The monoisotopic (exact) mass is 255 g/mol. The molecule has 0 spiro atoms. The van der Waals surface area contributed by atoms with Gasteiger partial charge in [0.1, 0.15) is 5.82 Å². The number of nitrogen functional groups attached to an aromatic ring is 1. The van der Waals surface area contributed by atoms with Crippen LogP contribution >= 0.6 is 0 Å². The second kappa shape index (κ2) is 5.08. The van der Waals surface area contributed by atoms with Crippen molar-refractivity contribution in [2.24, 2.45) is 0 Å². The Hall–Kier alpha value is -1.77. The number of nitrogens with zero attached hydrogens (tertiary/aromatic N) is 2. The standard InChI is InChI=1S/C16H21N3/c1-12-11-18-19(16(12)17)15-9-7-14(8-10-15)13-5-3-2-4-6-13/h2-6,11,14-15H,7-10,17H2,1H3. The molecule has 19 heavy (non-hydrogen) atoms. The molecule has 0 radical (unpaired) electrons. The highest BCUT2D eigenvalue weighted by atomic mass is 15.3. The molecule has 3 heteroatoms. The fraction of sp³-hybridized carbons (Fsp3) is 0.438. The molecule has 1 aromatic carbocycles. The van der Waals surface area contributed by atoms with E-state index >= 15 is 0 Å². The van der Waals surface area contributed by atoms with Gasteiger partial charge in [0.25, 0.3) is 0 Å². The molecule has 1 aliphatic carbocycles. The van der Waals surface area contributed by atoms with Crippen LogP contribution < -0.4 is 5.73 Å². The molecule has 2 N–H and O–H groups in total. The Morgan fingerprint density at radius 3 is 2.37 bits per heavy atom. The van der Waals surface area contributed by atoms with Gasteiger partial charge >= 0.3 is 0 Å². The van der Waals surface area contributed by atoms with Crippen LogP contribution in [0.4, 0.5) is 5.82 Å². The molecule has 0 amide bonds. The first-order chi connectivity index (χ1) is 9.25. The minimum Gasteiger partial charge on any atom is -0.384 e. The molecule has 100 valence electrons. The molecule has 3 nitrogen and oxygen atoms in total. The fourth-order valence-electron chi connectivity index (χ4n) is 3.13. The predicted molar refractivity (Wildman–Crippen MR) is 78.1 cm³/mol. The van der Waals surface area contributed by atoms with Gasteiger partial charge in [-0.3, -0.25) is 0 Å². The molecule has 1 heterocycles. The first kappa shape index (κ1) is 12.3. The second-order valence-electron chi connectivity index (χ2n) is 5.57. The molecule has 3 rings (SSSR count). The summed E-state index contributed by atoms with van der Waals surface area (Å²) in [6.07, 6.45) is 6.68. The van der Waals surface area contributed by atoms with Crippen LogP contribution in [0.25, 0.3) is 0 Å². The van der Waals surface area contributed by atoms with E-state index in [2.05, 4.69) is 35.4 Å². The van der Waals surface area contributed by atoms with E-state index < -0.39 is 0 Å². The number of hydrogen-bond acceptors (Lipinski definition) is 2. The summed E-state index contributed by atoms with van der Waals surface area (Å²) in [6, 6.07) is 11.3. The van der Waals surface area contributed by atoms with Crippen molar-refractivity contribution in [2.75, 3.05) is 5.73 Å². The number of nitrogens with two attached hydrogens (primary N) is 1. The van der Waals surface area contributed by atoms with Crippen LogP contribution in [0.2, 0.25) is 0 Å². The number of aryl methyl sites for hydroxylation is 1. The molecule has 2 aromatic rings. The maximum absolute atomic E-state index is 6.08. The summed E-state index contributed by atoms with van der Waals surface area (Å²) in [5.74, 6) is 1.54. The molecular weight excluding hydrogens is 234 g/mol. The van der Waals surface area contributed by atoms with Gasteiger partial charge in [0.15, 0.2) is 0 Å². The van der Waals surface area contributed by atoms with E-state index in [-0.39, 0.29) is 0 Å². The number of rotatable bonds is 2. The van der Waals surface area contributed by atoms with Gasteiger partial charge in [-0.2, -0.15) is 5.10 Å². The highest BCUT2D eigenvalue weighted by Crippen LogP contribution is 2.38. The molecule has 1 saturated carbocycles. The lowest BCUT2D eigenvalue weighted by Crippen LogP contribution is -2.19. The van der Waals surface area contributed by atoms with Crippen LogP contribution in [0.15, 0.2) is 36.5 Å². The van der Waals surface area contributed by atoms with E-state index in [1.807, 2.05) is 17.8 Å². The van der Waals surface area contributed by atoms with Crippen LogP contribution in [-0.4, -0.2) is 9.78 Å². The zero-order valence-corrected chi connectivity index (χ0v) is 11.4. The van der Waals surface area contributed by atoms with E-state index in [9.17, 15) is 0 Å². The predicted octanol–water partition coefficient (Wildman–Crippen LogP) is 3.67. The third kappa shape index (κ3) is 2.37. The topological polar surface area (TPSA) is 43.8 Å². The maximum Gasteiger partial charge on any atom is 0.124 e. The van der Waals surface area contributed by atoms with Gasteiger partial charge in [0.2, 0.25) is 0 Å². The Balaban J connectivity index is 1.68. The van der Waals surface area contributed by atoms with Crippen molar-refractivity contribution in [1.29, 1.82) is 0 Å². The van der Waals surface area contributed by atoms with Crippen molar-refractivity contribution in [2.45, 2.75) is 44.6 Å². The number of aromatic nitrogens is 2. The zero-order chi connectivity index (χ0) is 13.2. The summed E-state index contributed by atoms with van der Waals surface area (Å²) in [4.78, 5) is 0. The summed E-state index contributed by atoms with van der Waals surface area (Å²) in [5.41, 5.74) is 8.65. The summed E-state index contributed by atoms with van der Waals surface area (Å²) >= 11 is 0. The minimum atomic E-state index is 0.480. The van der Waals surface area contributed by atoms with Gasteiger partial charge in [0, 0.05) is 5.56 Å². The SMILES string of the molecule is Cc1cnn(C2CCC(c3ccccc3)CC2)c1N. The van der Waals surface area contributed by atoms with Gasteiger partial charge in [-0.25, -0.2) is 4.68 Å². The van der Waals surface area contributed by atoms with Gasteiger partial charge < -0.3 is 5.73 Å². The Bertz CT molecular complexity index is 536. The fourth-order valence-corrected chi connectivity index (χ4v) is 3.13. The summed E-state index contributed by atoms with van der Waals surface area (Å²) in [6.45, 7) is 2.02. The van der Waals surface area contributed by atoms with Crippen molar-refractivity contribution in [3.8, 4) is 0 Å². The smallest absolute Gasteiger partial charge is 0.124 e. The van der Waals surface area contributed by atoms with Crippen LogP contribution in [0.3, 0.4) is 0 Å². The number of anilines is 1. The van der Waals surface area contributed by atoms with E-state index in [0.29, 0.717) is 12.0 Å². The molecule has 0 saturated heterocycles. The lowest BCUT2D eigenvalue weighted by Gasteiger charge is -2.29. The van der Waals surface area contributed by atoms with Crippen LogP contribution in [0, 0.1) is 6.92 Å². The lowest BCUT2D eigenvalue weighted by atomic mass is 9.82. The summed E-state index contributed by atoms with van der Waals surface area (Å²) < 4.78 is 2.02. The normalized spacial score (nSPS) is 23.4. The quantitative estimate of drug-likeness (QED) is 0.889. The third-order valence-electron chi connectivity index (χ3n) is 4.34. The Morgan fingerprint density at radius 2 is 1.79 bits per heavy atom. The first-order valence-electron chi connectivity index (χ1n) is 7.10. The van der Waals surface area contributed by atoms with Crippen LogP contribution in [0.5, 0.6) is 0 Å². The van der Waals surface area contributed by atoms with Crippen molar-refractivity contribution in [3.63, 3.8) is 0 Å². The van der Waals surface area contributed by atoms with E-state index in [1.54, 1.807) is 0 Å². The molecule has 0 aliphatic heterocycles. The van der Waals surface area contributed by atoms with E-state index in [4.69, 9.17) is 5.73 Å². The number of hydrogen-bond donors (Lipinski definition) is 1. The van der Waals surface area contributed by atoms with Crippen LogP contribution in [-0.2, 0) is 0 Å². The van der Waals surface area contributed by atoms with Crippen LogP contribution in [0.1, 0.15) is 48.8 Å².